The molecular formula is C28H28N4O6S2. The molecule has 0 bridgehead atoms. The molecule has 1 atom stereocenters. The first-order valence-corrected chi connectivity index (χ1v) is 15.0. The Morgan fingerprint density at radius 3 is 2.50 bits per heavy atom. The molecule has 4 aromatic rings. The molecule has 208 valence electrons. The summed E-state index contributed by atoms with van der Waals surface area (Å²) in [6, 6.07) is 19.3. The first-order chi connectivity index (χ1) is 19.2. The number of rotatable bonds is 8. The summed E-state index contributed by atoms with van der Waals surface area (Å²) in [6.45, 7) is 4.34. The molecule has 5 rings (SSSR count). The van der Waals surface area contributed by atoms with E-state index in [-0.39, 0.29) is 29.4 Å². The summed E-state index contributed by atoms with van der Waals surface area (Å²) < 4.78 is 40.1. The number of hydrogen-bond donors (Lipinski definition) is 1. The van der Waals surface area contributed by atoms with Crippen LogP contribution in [0.2, 0.25) is 0 Å². The molecule has 0 aliphatic carbocycles. The topological polar surface area (TPSA) is 120 Å². The summed E-state index contributed by atoms with van der Waals surface area (Å²) in [5, 5.41) is 9.19. The highest BCUT2D eigenvalue weighted by molar-refractivity contribution is 7.89. The molecule has 40 heavy (non-hydrogen) atoms. The lowest BCUT2D eigenvalue weighted by molar-refractivity contribution is -0.123. The van der Waals surface area contributed by atoms with Crippen molar-refractivity contribution in [1.82, 2.24) is 14.1 Å². The van der Waals surface area contributed by atoms with Gasteiger partial charge in [-0.3, -0.25) is 4.79 Å². The van der Waals surface area contributed by atoms with Crippen molar-refractivity contribution in [3.63, 3.8) is 0 Å². The molecular weight excluding hydrogens is 552 g/mol. The molecule has 0 unspecified atom stereocenters. The maximum Gasteiger partial charge on any atom is 0.357 e. The van der Waals surface area contributed by atoms with E-state index in [0.717, 1.165) is 4.88 Å². The molecule has 1 N–H and O–H groups in total. The SMILES string of the molecule is Cc1ccc(NC(=O)[C@@H](C)OC(=O)c2cc(-c3cccs3)nn2-c2ccccc2)cc1S(=O)(=O)N1CCOCC1. The summed E-state index contributed by atoms with van der Waals surface area (Å²) in [4.78, 5) is 27.2. The molecule has 2 aromatic carbocycles. The number of nitrogens with zero attached hydrogens (tertiary/aromatic N) is 3. The minimum Gasteiger partial charge on any atom is -0.448 e. The number of nitrogens with one attached hydrogen (secondary N) is 1. The third-order valence-corrected chi connectivity index (χ3v) is 9.32. The molecule has 1 amide bonds. The van der Waals surface area contributed by atoms with Crippen LogP contribution in [0.4, 0.5) is 5.69 Å². The average Bonchev–Trinajstić information content (AvgIpc) is 3.66. The quantitative estimate of drug-likeness (QED) is 0.312. The lowest BCUT2D eigenvalue weighted by Gasteiger charge is -2.27. The van der Waals surface area contributed by atoms with Crippen molar-refractivity contribution in [3.8, 4) is 16.3 Å². The minimum absolute atomic E-state index is 0.102. The van der Waals surface area contributed by atoms with Gasteiger partial charge in [0.15, 0.2) is 11.8 Å². The van der Waals surface area contributed by atoms with Crippen molar-refractivity contribution in [2.75, 3.05) is 31.6 Å². The predicted molar refractivity (Wildman–Crippen MR) is 151 cm³/mol. The molecule has 1 fully saturated rings. The van der Waals surface area contributed by atoms with E-state index in [1.54, 1.807) is 25.1 Å². The van der Waals surface area contributed by atoms with Gasteiger partial charge in [0.2, 0.25) is 10.0 Å². The Hall–Kier alpha value is -3.84. The monoisotopic (exact) mass is 580 g/mol. The van der Waals surface area contributed by atoms with E-state index < -0.39 is 28.0 Å². The molecule has 0 radical (unpaired) electrons. The number of ether oxygens (including phenoxy) is 2. The molecule has 2 aromatic heterocycles. The number of amides is 1. The number of thiophene rings is 1. The zero-order valence-corrected chi connectivity index (χ0v) is 23.6. The van der Waals surface area contributed by atoms with E-state index in [0.29, 0.717) is 30.2 Å². The van der Waals surface area contributed by atoms with Gasteiger partial charge in [0.25, 0.3) is 5.91 Å². The highest BCUT2D eigenvalue weighted by Gasteiger charge is 2.29. The number of carbonyl (C=O) groups is 2. The molecule has 10 nitrogen and oxygen atoms in total. The van der Waals surface area contributed by atoms with E-state index in [9.17, 15) is 18.0 Å². The Bertz CT molecular complexity index is 1610. The van der Waals surface area contributed by atoms with Crippen molar-refractivity contribution in [1.29, 1.82) is 0 Å². The van der Waals surface area contributed by atoms with Crippen molar-refractivity contribution in [2.45, 2.75) is 24.8 Å². The highest BCUT2D eigenvalue weighted by Crippen LogP contribution is 2.27. The van der Waals surface area contributed by atoms with Gasteiger partial charge in [0.05, 0.1) is 28.7 Å². The fourth-order valence-electron chi connectivity index (χ4n) is 4.24. The third-order valence-electron chi connectivity index (χ3n) is 6.39. The smallest absolute Gasteiger partial charge is 0.357 e. The van der Waals surface area contributed by atoms with Gasteiger partial charge >= 0.3 is 5.97 Å². The molecule has 1 aliphatic rings. The van der Waals surface area contributed by atoms with Crippen molar-refractivity contribution in [3.05, 3.63) is 83.4 Å². The fourth-order valence-corrected chi connectivity index (χ4v) is 6.58. The molecule has 3 heterocycles. The molecule has 0 spiro atoms. The first-order valence-electron chi connectivity index (χ1n) is 12.6. The largest absolute Gasteiger partial charge is 0.448 e. The van der Waals surface area contributed by atoms with E-state index in [2.05, 4.69) is 10.4 Å². The van der Waals surface area contributed by atoms with Crippen LogP contribution in [0.25, 0.3) is 16.3 Å². The number of esters is 1. The van der Waals surface area contributed by atoms with Crippen LogP contribution in [0, 0.1) is 6.92 Å². The molecule has 1 saturated heterocycles. The highest BCUT2D eigenvalue weighted by atomic mass is 32.2. The van der Waals surface area contributed by atoms with Crippen LogP contribution in [-0.4, -0.2) is 66.8 Å². The van der Waals surface area contributed by atoms with Gasteiger partial charge in [-0.1, -0.05) is 30.3 Å². The second-order valence-corrected chi connectivity index (χ2v) is 12.0. The van der Waals surface area contributed by atoms with E-state index in [1.807, 2.05) is 47.8 Å². The van der Waals surface area contributed by atoms with Crippen LogP contribution >= 0.6 is 11.3 Å². The average molecular weight is 581 g/mol. The van der Waals surface area contributed by atoms with Gasteiger partial charge in [-0.25, -0.2) is 17.9 Å². The summed E-state index contributed by atoms with van der Waals surface area (Å²) in [7, 11) is -3.77. The van der Waals surface area contributed by atoms with Crippen LogP contribution in [0.1, 0.15) is 23.0 Å². The number of para-hydroxylation sites is 1. The fraction of sp³-hybridized carbons (Fsp3) is 0.250. The van der Waals surface area contributed by atoms with Crippen molar-refractivity contribution in [2.24, 2.45) is 0 Å². The summed E-state index contributed by atoms with van der Waals surface area (Å²) in [6.07, 6.45) is -1.17. The van der Waals surface area contributed by atoms with Crippen LogP contribution in [0.15, 0.2) is 77.0 Å². The number of anilines is 1. The standard InChI is InChI=1S/C28H28N4O6S2/c1-19-10-11-21(17-26(19)40(35,36)31-12-14-37-15-13-31)29-27(33)20(2)38-28(34)24-18-23(25-9-6-16-39-25)30-32(24)22-7-4-3-5-8-22/h3-11,16-18,20H,12-15H2,1-2H3,(H,29,33)/t20-/m1/s1. The Morgan fingerprint density at radius 1 is 1.05 bits per heavy atom. The Morgan fingerprint density at radius 2 is 1.80 bits per heavy atom. The number of hydrogen-bond acceptors (Lipinski definition) is 8. The third kappa shape index (κ3) is 5.85. The van der Waals surface area contributed by atoms with Gasteiger partial charge in [-0.05, 0) is 55.1 Å². The predicted octanol–water partition coefficient (Wildman–Crippen LogP) is 4.11. The zero-order chi connectivity index (χ0) is 28.3. The van der Waals surface area contributed by atoms with Gasteiger partial charge in [0, 0.05) is 24.8 Å². The van der Waals surface area contributed by atoms with Gasteiger partial charge in [0.1, 0.15) is 5.69 Å². The van der Waals surface area contributed by atoms with E-state index in [1.165, 1.54) is 33.3 Å². The maximum absolute atomic E-state index is 13.2. The Labute approximate surface area is 236 Å². The summed E-state index contributed by atoms with van der Waals surface area (Å²) >= 11 is 1.49. The maximum atomic E-state index is 13.2. The first kappa shape index (κ1) is 27.7. The van der Waals surface area contributed by atoms with Gasteiger partial charge in [-0.2, -0.15) is 9.40 Å². The molecule has 0 saturated carbocycles. The molecule has 1 aliphatic heterocycles. The Balaban J connectivity index is 1.33. The number of aromatic nitrogens is 2. The number of morpholine rings is 1. The summed E-state index contributed by atoms with van der Waals surface area (Å²) in [5.74, 6) is -1.32. The Kier molecular flexibility index (Phi) is 8.12. The van der Waals surface area contributed by atoms with Gasteiger partial charge in [-0.15, -0.1) is 11.3 Å². The van der Waals surface area contributed by atoms with Crippen molar-refractivity contribution < 1.29 is 27.5 Å². The second-order valence-electron chi connectivity index (χ2n) is 9.17. The van der Waals surface area contributed by atoms with Crippen LogP contribution in [0.3, 0.4) is 0 Å². The lowest BCUT2D eigenvalue weighted by atomic mass is 10.2. The van der Waals surface area contributed by atoms with E-state index in [4.69, 9.17) is 9.47 Å². The van der Waals surface area contributed by atoms with Crippen molar-refractivity contribution >= 4 is 38.9 Å². The number of benzene rings is 2. The zero-order valence-electron chi connectivity index (χ0n) is 21.9. The number of sulfonamides is 1. The minimum atomic E-state index is -3.77. The summed E-state index contributed by atoms with van der Waals surface area (Å²) in [5.41, 5.74) is 2.28. The number of aryl methyl sites for hydroxylation is 1. The van der Waals surface area contributed by atoms with Crippen LogP contribution < -0.4 is 5.32 Å². The number of carbonyl (C=O) groups excluding carboxylic acids is 2. The normalized spacial score (nSPS) is 14.9. The van der Waals surface area contributed by atoms with E-state index >= 15 is 0 Å². The second kappa shape index (κ2) is 11.7. The van der Waals surface area contributed by atoms with Crippen LogP contribution in [0.5, 0.6) is 0 Å². The van der Waals surface area contributed by atoms with Gasteiger partial charge < -0.3 is 14.8 Å². The lowest BCUT2D eigenvalue weighted by Crippen LogP contribution is -2.40. The molecule has 12 heteroatoms. The van der Waals surface area contributed by atoms with Crippen LogP contribution in [-0.2, 0) is 24.3 Å².